The fraction of sp³-hybridized carbons (Fsp3) is 0.469. The molecule has 4 unspecified atom stereocenters. The molecule has 2 aliphatic heterocycles. The molecule has 4 atom stereocenters. The highest BCUT2D eigenvalue weighted by Crippen LogP contribution is 2.69. The summed E-state index contributed by atoms with van der Waals surface area (Å²) in [4.78, 5) is 20.3. The van der Waals surface area contributed by atoms with Gasteiger partial charge in [-0.2, -0.15) is 12.7 Å². The zero-order chi connectivity index (χ0) is 32.1. The second-order valence-electron chi connectivity index (χ2n) is 13.1. The van der Waals surface area contributed by atoms with Gasteiger partial charge >= 0.3 is 10.2 Å². The summed E-state index contributed by atoms with van der Waals surface area (Å²) in [6, 6.07) is 11.8. The average molecular weight is 716 g/mol. The maximum absolute atomic E-state index is 12.9. The number of rotatable bonds is 9. The molecule has 3 saturated carbocycles. The molecule has 5 aliphatic rings. The molecule has 0 bridgehead atoms. The maximum atomic E-state index is 12.9. The van der Waals surface area contributed by atoms with Crippen molar-refractivity contribution >= 4 is 66.0 Å². The van der Waals surface area contributed by atoms with Crippen LogP contribution < -0.4 is 14.9 Å². The number of carbonyl (C=O) groups is 1. The molecular weight excluding hydrogens is 683 g/mol. The highest BCUT2D eigenvalue weighted by atomic mass is 35.5. The highest BCUT2D eigenvalue weighted by Gasteiger charge is 2.75. The van der Waals surface area contributed by atoms with E-state index in [0.29, 0.717) is 53.8 Å². The van der Waals surface area contributed by atoms with Gasteiger partial charge in [0.25, 0.3) is 5.91 Å². The molecule has 47 heavy (non-hydrogen) atoms. The molecule has 11 nitrogen and oxygen atoms in total. The molecule has 2 aromatic heterocycles. The van der Waals surface area contributed by atoms with E-state index in [1.165, 1.54) is 10.7 Å². The molecule has 2 saturated heterocycles. The number of piperidine rings is 2. The van der Waals surface area contributed by atoms with Crippen LogP contribution in [0.2, 0.25) is 10.0 Å². The lowest BCUT2D eigenvalue weighted by molar-refractivity contribution is -0.148. The zero-order valence-corrected chi connectivity index (χ0v) is 28.4. The van der Waals surface area contributed by atoms with Crippen LogP contribution in [0.5, 0.6) is 0 Å². The van der Waals surface area contributed by atoms with Crippen LogP contribution in [0.25, 0.3) is 21.5 Å². The Hall–Kier alpha value is -2.78. The highest BCUT2D eigenvalue weighted by molar-refractivity contribution is 7.87. The predicted molar refractivity (Wildman–Crippen MR) is 179 cm³/mol. The van der Waals surface area contributed by atoms with Gasteiger partial charge in [-0.15, -0.1) is 0 Å². The van der Waals surface area contributed by atoms with Crippen LogP contribution in [0.4, 0.5) is 5.13 Å². The molecule has 9 rings (SSSR count). The summed E-state index contributed by atoms with van der Waals surface area (Å²) < 4.78 is 40.8. The van der Waals surface area contributed by atoms with Crippen LogP contribution in [0, 0.1) is 5.41 Å². The minimum atomic E-state index is -3.94. The van der Waals surface area contributed by atoms with Crippen LogP contribution in [0.15, 0.2) is 40.9 Å². The topological polar surface area (TPSA) is 130 Å². The van der Waals surface area contributed by atoms with E-state index in [4.69, 9.17) is 37.4 Å². The minimum absolute atomic E-state index is 0.218. The van der Waals surface area contributed by atoms with Crippen molar-refractivity contribution in [3.8, 4) is 11.3 Å². The van der Waals surface area contributed by atoms with Crippen molar-refractivity contribution in [3.05, 3.63) is 63.3 Å². The fourth-order valence-corrected chi connectivity index (χ4v) is 10.9. The Labute approximate surface area is 285 Å². The van der Waals surface area contributed by atoms with Crippen molar-refractivity contribution in [1.29, 1.82) is 0 Å². The van der Waals surface area contributed by atoms with E-state index in [-0.39, 0.29) is 24.1 Å². The molecule has 246 valence electrons. The smallest absolute Gasteiger partial charge is 0.304 e. The predicted octanol–water partition coefficient (Wildman–Crippen LogP) is 5.34. The maximum Gasteiger partial charge on any atom is 0.304 e. The number of hydrogen-bond donors (Lipinski definition) is 2. The van der Waals surface area contributed by atoms with E-state index in [1.54, 1.807) is 29.5 Å². The Morgan fingerprint density at radius 2 is 1.87 bits per heavy atom. The number of morpholine rings is 1. The van der Waals surface area contributed by atoms with E-state index >= 15 is 0 Å². The van der Waals surface area contributed by atoms with Gasteiger partial charge in [0.15, 0.2) is 5.13 Å². The van der Waals surface area contributed by atoms with Crippen molar-refractivity contribution in [3.63, 3.8) is 0 Å². The van der Waals surface area contributed by atoms with E-state index < -0.39 is 16.1 Å². The molecule has 4 heterocycles. The largest absolute Gasteiger partial charge is 0.379 e. The van der Waals surface area contributed by atoms with E-state index in [1.807, 2.05) is 18.2 Å². The number of nitrogens with zero attached hydrogens (tertiary/aromatic N) is 4. The van der Waals surface area contributed by atoms with Crippen LogP contribution in [-0.2, 0) is 21.5 Å². The van der Waals surface area contributed by atoms with Crippen LogP contribution >= 0.6 is 34.5 Å². The monoisotopic (exact) mass is 714 g/mol. The second kappa shape index (κ2) is 11.1. The summed E-state index contributed by atoms with van der Waals surface area (Å²) >= 11 is 14.7. The number of nitrogens with one attached hydrogen (secondary N) is 2. The van der Waals surface area contributed by atoms with Crippen molar-refractivity contribution in [2.75, 3.05) is 31.2 Å². The number of carbonyl (C=O) groups excluding carboxylic acids is 1. The summed E-state index contributed by atoms with van der Waals surface area (Å²) in [6.07, 6.45) is 5.49. The number of fused-ring (bicyclic) bond motifs is 1. The average Bonchev–Trinajstić information content (AvgIpc) is 3.66. The third kappa shape index (κ3) is 4.76. The van der Waals surface area contributed by atoms with Crippen molar-refractivity contribution in [2.45, 2.75) is 62.7 Å². The normalized spacial score (nSPS) is 27.0. The number of benzene rings is 2. The molecule has 3 aliphatic carbocycles. The number of anilines is 1. The Bertz CT molecular complexity index is 2000. The quantitative estimate of drug-likeness (QED) is 0.236. The molecule has 5 fully saturated rings. The Morgan fingerprint density at radius 3 is 2.57 bits per heavy atom. The number of amides is 1. The summed E-state index contributed by atoms with van der Waals surface area (Å²) in [7, 11) is -3.94. The Balaban J connectivity index is 0.898. The zero-order valence-electron chi connectivity index (χ0n) is 25.2. The Kier molecular flexibility index (Phi) is 7.17. The summed E-state index contributed by atoms with van der Waals surface area (Å²) in [6.45, 7) is 1.70. The Morgan fingerprint density at radius 1 is 1.09 bits per heavy atom. The van der Waals surface area contributed by atoms with Gasteiger partial charge in [0, 0.05) is 65.8 Å². The number of ether oxygens (including phenoxy) is 1. The summed E-state index contributed by atoms with van der Waals surface area (Å²) in [5.74, 6) is 0.691. The molecule has 1 amide bonds. The first-order valence-corrected chi connectivity index (χ1v) is 19.0. The molecule has 2 aromatic carbocycles. The third-order valence-corrected chi connectivity index (χ3v) is 13.9. The van der Waals surface area contributed by atoms with Crippen LogP contribution in [-0.4, -0.2) is 73.2 Å². The van der Waals surface area contributed by atoms with E-state index in [0.717, 1.165) is 63.6 Å². The van der Waals surface area contributed by atoms with Gasteiger partial charge in [-0.1, -0.05) is 45.8 Å². The number of thiazole rings is 1. The van der Waals surface area contributed by atoms with Gasteiger partial charge in [-0.3, -0.25) is 4.79 Å². The molecule has 1 spiro atoms. The molecule has 15 heteroatoms. The number of aromatic nitrogens is 2. The lowest BCUT2D eigenvalue weighted by Gasteiger charge is -2.79. The number of hydrogen-bond acceptors (Lipinski definition) is 10. The molecular formula is C32H32Cl2N6O5S2. The summed E-state index contributed by atoms with van der Waals surface area (Å²) in [5, 5.41) is 10.4. The molecule has 0 radical (unpaired) electrons. The number of halogens is 2. The van der Waals surface area contributed by atoms with Gasteiger partial charge in [0.2, 0.25) is 0 Å². The van der Waals surface area contributed by atoms with Gasteiger partial charge in [0.05, 0.1) is 33.5 Å². The van der Waals surface area contributed by atoms with Crippen molar-refractivity contribution < 1.29 is 22.5 Å². The van der Waals surface area contributed by atoms with Gasteiger partial charge in [-0.25, -0.2) is 9.71 Å². The summed E-state index contributed by atoms with van der Waals surface area (Å²) in [5.41, 5.74) is 3.81. The van der Waals surface area contributed by atoms with Gasteiger partial charge < -0.3 is 19.5 Å². The van der Waals surface area contributed by atoms with E-state index in [2.05, 4.69) is 20.1 Å². The second-order valence-corrected chi connectivity index (χ2v) is 16.6. The van der Waals surface area contributed by atoms with E-state index in [9.17, 15) is 13.2 Å². The van der Waals surface area contributed by atoms with Crippen LogP contribution in [0.3, 0.4) is 0 Å². The minimum Gasteiger partial charge on any atom is -0.379 e. The molecule has 2 N–H and O–H groups in total. The van der Waals surface area contributed by atoms with Gasteiger partial charge in [-0.05, 0) is 62.4 Å². The first-order valence-electron chi connectivity index (χ1n) is 16.0. The lowest BCUT2D eigenvalue weighted by atomic mass is 9.40. The van der Waals surface area contributed by atoms with Crippen molar-refractivity contribution in [1.82, 2.24) is 24.5 Å². The SMILES string of the molecule is O=C(NS(=O)(=O)N1CCOCC1)c1ccc2nc(N3C4CCC45C(NCc4c(-c6c(Cl)cccc6Cl)noc4C4CC4)CC35)sc2c1. The lowest BCUT2D eigenvalue weighted by Crippen LogP contribution is -2.89. The van der Waals surface area contributed by atoms with Crippen LogP contribution in [0.1, 0.15) is 59.7 Å². The third-order valence-electron chi connectivity index (χ3n) is 10.8. The first-order chi connectivity index (χ1) is 22.7. The fourth-order valence-electron chi connectivity index (χ4n) is 8.08. The van der Waals surface area contributed by atoms with Gasteiger partial charge in [0.1, 0.15) is 11.5 Å². The first kappa shape index (κ1) is 30.3. The molecule has 4 aromatic rings. The standard InChI is InChI=1S/C32H32Cl2N6O5S2/c33-20-2-1-3-21(34)27(20)28-19(29(45-37-28)17-4-5-17)16-35-24-15-26-32(24)9-8-25(32)40(26)31-36-22-7-6-18(14-23(22)46-31)30(41)38-47(42,43)39-10-12-44-13-11-39/h1-3,6-7,14,17,24-26,35H,4-5,8-13,15-16H2,(H,38,41). The van der Waals surface area contributed by atoms with Crippen molar-refractivity contribution in [2.24, 2.45) is 5.41 Å².